The third-order valence-corrected chi connectivity index (χ3v) is 24.6. The topological polar surface area (TPSA) is 355 Å². The molecule has 3 aliphatic rings. The largest absolute Gasteiger partial charge is 0.649 e. The van der Waals surface area contributed by atoms with Gasteiger partial charge in [-0.1, -0.05) is 219 Å². The Morgan fingerprint density at radius 3 is 1.20 bits per heavy atom. The zero-order valence-corrected chi connectivity index (χ0v) is 78.6. The van der Waals surface area contributed by atoms with Gasteiger partial charge in [0, 0.05) is 102 Å². The first-order valence-corrected chi connectivity index (χ1v) is 45.5. The molecule has 3 fully saturated rings. The van der Waals surface area contributed by atoms with Crippen LogP contribution in [0.2, 0.25) is 0 Å². The third-order valence-electron chi connectivity index (χ3n) is 18.4. The monoisotopic (exact) mass is 1830 g/mol. The van der Waals surface area contributed by atoms with Crippen LogP contribution in [-0.2, 0) is 112 Å². The first kappa shape index (κ1) is 109. The summed E-state index contributed by atoms with van der Waals surface area (Å²) in [6.45, 7) is 22.7. The van der Waals surface area contributed by atoms with E-state index in [0.717, 1.165) is 50.1 Å². The van der Waals surface area contributed by atoms with Crippen molar-refractivity contribution in [3.8, 4) is 17.2 Å². The summed E-state index contributed by atoms with van der Waals surface area (Å²) < 4.78 is 113. The van der Waals surface area contributed by atoms with E-state index in [-0.39, 0.29) is 111 Å². The van der Waals surface area contributed by atoms with Crippen LogP contribution in [0.4, 0.5) is 0 Å². The number of nitrogens with one attached hydrogen (secondary N) is 4. The molecule has 0 aromatic heterocycles. The summed E-state index contributed by atoms with van der Waals surface area (Å²) in [4.78, 5) is 10.6. The second-order valence-electron chi connectivity index (χ2n) is 30.0. The van der Waals surface area contributed by atoms with Gasteiger partial charge in [-0.3, -0.25) is 15.3 Å². The van der Waals surface area contributed by atoms with Gasteiger partial charge in [-0.25, -0.2) is 25.3 Å². The van der Waals surface area contributed by atoms with Gasteiger partial charge in [0.05, 0.1) is 86.4 Å². The van der Waals surface area contributed by atoms with E-state index in [1.807, 2.05) is 113 Å². The maximum atomic E-state index is 13.2. The minimum absolute atomic E-state index is 0. The molecule has 0 spiro atoms. The van der Waals surface area contributed by atoms with Crippen LogP contribution in [0.1, 0.15) is 91.5 Å². The number of hydrogen-bond donors (Lipinski definition) is 9. The number of nitrogens with zero attached hydrogens (tertiary/aromatic N) is 2. The van der Waals surface area contributed by atoms with Crippen molar-refractivity contribution < 1.29 is 111 Å². The number of nitrogens with two attached hydrogens (primary N) is 2. The molecule has 7 aromatic rings. The number of fused-ring (bicyclic) bond motifs is 1. The van der Waals surface area contributed by atoms with Crippen LogP contribution in [0.5, 0.6) is 17.2 Å². The molecule has 0 bridgehead atoms. The van der Waals surface area contributed by atoms with E-state index in [0.29, 0.717) is 91.8 Å². The van der Waals surface area contributed by atoms with Gasteiger partial charge in [-0.15, -0.1) is 0 Å². The van der Waals surface area contributed by atoms with Crippen LogP contribution in [0.15, 0.2) is 209 Å². The molecule has 657 valence electrons. The minimum Gasteiger partial charge on any atom is -0.649 e. The Balaban J connectivity index is 0.000000489. The fourth-order valence-electron chi connectivity index (χ4n) is 11.7. The average Bonchev–Trinajstić information content (AvgIpc) is 1.40. The van der Waals surface area contributed by atoms with Crippen molar-refractivity contribution in [1.82, 2.24) is 29.2 Å². The molecule has 10 rings (SSSR count). The Morgan fingerprint density at radius 1 is 0.492 bits per heavy atom. The fraction of sp³-hybridized carbons (Fsp3) is 0.500. The summed E-state index contributed by atoms with van der Waals surface area (Å²) in [7, 11) is 1.51. The molecule has 3 heterocycles. The number of epoxide rings is 1. The van der Waals surface area contributed by atoms with Gasteiger partial charge in [-0.2, -0.15) is 8.61 Å². The van der Waals surface area contributed by atoms with E-state index in [4.69, 9.17) is 44.6 Å². The van der Waals surface area contributed by atoms with Crippen LogP contribution in [0.25, 0.3) is 0 Å². The van der Waals surface area contributed by atoms with Crippen molar-refractivity contribution in [3.05, 3.63) is 216 Å². The van der Waals surface area contributed by atoms with Crippen molar-refractivity contribution in [3.63, 3.8) is 0 Å². The quantitative estimate of drug-likeness (QED) is 0.00986. The summed E-state index contributed by atoms with van der Waals surface area (Å²) in [6, 6.07) is 58.6. The number of rotatable bonds is 38. The molecule has 3 unspecified atom stereocenters. The molecule has 32 heteroatoms. The molecule has 0 amide bonds. The van der Waals surface area contributed by atoms with Crippen LogP contribution >= 0.6 is 28.2 Å². The zero-order valence-electron chi connectivity index (χ0n) is 69.9. The molecule has 25 nitrogen and oxygen atoms in total. The van der Waals surface area contributed by atoms with Crippen molar-refractivity contribution in [2.24, 2.45) is 41.1 Å². The second kappa shape index (κ2) is 59.0. The predicted octanol–water partition coefficient (Wildman–Crippen LogP) is 10.1. The van der Waals surface area contributed by atoms with Crippen molar-refractivity contribution in [2.75, 3.05) is 93.2 Å². The number of methoxy groups -OCH3 is 3. The number of sulfonamides is 2. The van der Waals surface area contributed by atoms with Crippen LogP contribution in [0, 0.1) is 29.6 Å². The second-order valence-corrected chi connectivity index (χ2v) is 36.9. The molecule has 3 saturated heterocycles. The molecular formula is C86H134N8O17P3S3Y-. The van der Waals surface area contributed by atoms with Gasteiger partial charge in [0.2, 0.25) is 20.0 Å². The number of aliphatic hydroxyl groups excluding tert-OH is 3. The molecule has 1 radical (unpaired) electrons. The summed E-state index contributed by atoms with van der Waals surface area (Å²) in [6.07, 6.45) is 2.90. The molecule has 0 aliphatic carbocycles. The Kier molecular flexibility index (Phi) is 54.6. The van der Waals surface area contributed by atoms with Crippen LogP contribution in [-0.4, -0.2) is 210 Å². The van der Waals surface area contributed by atoms with Gasteiger partial charge >= 0.3 is 0 Å². The first-order chi connectivity index (χ1) is 55.3. The number of hydrogen-bond acceptors (Lipinski definition) is 23. The molecule has 14 atom stereocenters. The Labute approximate surface area is 737 Å². The number of aliphatic hydroxyl groups is 3. The maximum Gasteiger partial charge on any atom is 0.243 e. The van der Waals surface area contributed by atoms with E-state index in [1.165, 1.54) is 90.2 Å². The first-order valence-electron chi connectivity index (χ1n) is 39.0. The van der Waals surface area contributed by atoms with Gasteiger partial charge in [0.15, 0.2) is 16.1 Å². The number of carbonyl (C=O) groups excluding carboxylic acids is 1. The Bertz CT molecular complexity index is 4120. The Morgan fingerprint density at radius 2 is 0.864 bits per heavy atom. The number of sulfone groups is 1. The minimum atomic E-state index is -3.76. The van der Waals surface area contributed by atoms with Crippen LogP contribution < -0.4 is 46.3 Å². The number of benzene rings is 7. The predicted molar refractivity (Wildman–Crippen MR) is 478 cm³/mol. The van der Waals surface area contributed by atoms with Crippen molar-refractivity contribution in [2.45, 2.75) is 171 Å². The summed E-state index contributed by atoms with van der Waals surface area (Å²) in [5.41, 5.74) is 16.0. The SMILES string of the molecule is C.CC(C)CN.CC(C)CNC[C@@H](O)[C@H](Cc1ccccc1)NP.COc1ccc(S(=O)(=O)N(CC(C)C)C[C@@H](O)[C@@H](N)Cc2ccccc2)cc1.COc1ccc(S(=O)(=O)N(CC(C)C)C[C@@H](O)[C@H](Cc2ccccc2)NP)cc1.COc1ccc(S(C)(=O)=O)cc1.O=[C-]O[C@@H]1CO[C@@H]2OCC[C@@H]21.PN[C@@H](Cc1ccccc1)[C@H]1CO1.[Y]. The zero-order chi connectivity index (χ0) is 85.8. The van der Waals surface area contributed by atoms with E-state index >= 15 is 0 Å². The molecule has 3 aliphatic heterocycles. The smallest absolute Gasteiger partial charge is 0.243 e. The van der Waals surface area contributed by atoms with Gasteiger partial charge < -0.3 is 70.1 Å². The third kappa shape index (κ3) is 41.5. The van der Waals surface area contributed by atoms with E-state index in [9.17, 15) is 45.4 Å². The summed E-state index contributed by atoms with van der Waals surface area (Å²) in [5.74, 6) is 3.55. The van der Waals surface area contributed by atoms with Crippen molar-refractivity contribution in [1.29, 1.82) is 0 Å². The van der Waals surface area contributed by atoms with Crippen LogP contribution in [0.3, 0.4) is 0 Å². The molecule has 118 heavy (non-hydrogen) atoms. The van der Waals surface area contributed by atoms with Crippen molar-refractivity contribution >= 4 is 64.5 Å². The summed E-state index contributed by atoms with van der Waals surface area (Å²) in [5, 5.41) is 44.2. The standard InChI is InChI=1S/C21H31N2O4PS.C21H30N2O4S.C14H25N2OP.C10H14NOP.C8H10O3S.C7H9O4.C4H11N.CH4.Y/c1-16(2)14-23(29(25,26)19-11-9-18(27-3)10-12-19)15-21(24)20(22-28)13-17-7-5-4-6-8-17;1-16(2)14-23(28(25,26)19-11-9-18(27-3)10-12-19)15-21(24)20(22)13-17-7-5-4-6-8-17;1-11(2)9-15-10-14(17)13(16-18)8-12-6-4-3-5-7-12;13-11-9(10-7-12-10)6-8-4-2-1-3-5-8;1-11-7-3-5-8(6-4-7)12(2,9)10;8-4-11-6-3-10-7-5(6)1-2-9-7;1-4(2)3-5;;/h4-12,16,20-22,24H,13-15,28H2,1-3H3;4-12,16,20-21,24H,13-15,22H2,1-3H3;3-7,11,13-17H,8-10,18H2,1-2H3;1-5,9-11H,6-7,13H2;3-6H,1-2H3;5-7H,1-3H2;4H,3,5H2,1-2H3;1H4;/q;;;;;-1;;;/t2*20-,21+;13-,14+;9-,10+;;5-,6-,7+;;;/m0000.1.../s1. The Hall–Kier alpha value is -4.91. The van der Waals surface area contributed by atoms with Gasteiger partial charge in [-0.05, 0) is 164 Å². The fourth-order valence-corrected chi connectivity index (χ4v) is 16.6. The average molecular weight is 1830 g/mol. The summed E-state index contributed by atoms with van der Waals surface area (Å²) >= 11 is 0. The molecule has 11 N–H and O–H groups in total. The molecular weight excluding hydrogens is 1700 g/mol. The van der Waals surface area contributed by atoms with Gasteiger partial charge in [0.1, 0.15) is 17.2 Å². The molecule has 7 aromatic carbocycles. The number of ether oxygens (including phenoxy) is 7. The van der Waals surface area contributed by atoms with E-state index in [1.54, 1.807) is 36.4 Å². The molecule has 0 saturated carbocycles. The van der Waals surface area contributed by atoms with E-state index in [2.05, 4.69) is 113 Å². The van der Waals surface area contributed by atoms with E-state index < -0.39 is 48.1 Å². The normalized spacial score (nSPS) is 17.1. The maximum absolute atomic E-state index is 13.2. The van der Waals surface area contributed by atoms with Gasteiger partial charge in [0.25, 0.3) is 0 Å².